The molecule has 2 saturated heterocycles. The van der Waals surface area contributed by atoms with Gasteiger partial charge in [0.15, 0.2) is 11.5 Å². The largest absolute Gasteiger partial charge is 0.504 e. The molecule has 4 rings (SSSR count). The van der Waals surface area contributed by atoms with E-state index in [1.807, 2.05) is 36.4 Å². The lowest BCUT2D eigenvalue weighted by atomic mass is 9.54. The van der Waals surface area contributed by atoms with Crippen molar-refractivity contribution in [1.29, 1.82) is 0 Å². The van der Waals surface area contributed by atoms with Crippen molar-refractivity contribution in [2.24, 2.45) is 23.7 Å². The third-order valence-electron chi connectivity index (χ3n) is 6.84. The highest BCUT2D eigenvalue weighted by Crippen LogP contribution is 2.53. The van der Waals surface area contributed by atoms with Gasteiger partial charge in [-0.2, -0.15) is 4.90 Å². The lowest BCUT2D eigenvalue weighted by Gasteiger charge is -2.43. The van der Waals surface area contributed by atoms with E-state index in [0.29, 0.717) is 25.9 Å². The predicted molar refractivity (Wildman–Crippen MR) is 125 cm³/mol. The van der Waals surface area contributed by atoms with Gasteiger partial charge in [0.25, 0.3) is 0 Å². The topological polar surface area (TPSA) is 123 Å². The molecule has 3 aliphatic rings. The normalized spacial score (nSPS) is 27.1. The number of ether oxygens (including phenoxy) is 2. The number of fused-ring (bicyclic) bond motifs is 3. The van der Waals surface area contributed by atoms with Gasteiger partial charge in [0.05, 0.1) is 35.7 Å². The number of benzene rings is 1. The summed E-state index contributed by atoms with van der Waals surface area (Å²) in [5.41, 5.74) is 2.16. The standard InChI is InChI=1S/C22H25BINO8/c1-9(2)11-7-13-17(21(28)25(20(13)27)22(29)32-4)12-8-15(33-23(30)18(11)12)10-5-14(24)19(26)16(6-10)31-3/h5-6,9,12-13,15,17,26,30H,7-8H2,1-4H3/t12-,13-,15-,17+/m0/s1. The number of rotatable bonds is 3. The molecule has 3 amide bonds. The van der Waals surface area contributed by atoms with Gasteiger partial charge in [0, 0.05) is 0 Å². The van der Waals surface area contributed by atoms with Crippen molar-refractivity contribution in [3.8, 4) is 11.5 Å². The Labute approximate surface area is 205 Å². The number of phenols is 1. The fourth-order valence-electron chi connectivity index (χ4n) is 5.32. The lowest BCUT2D eigenvalue weighted by molar-refractivity contribution is -0.137. The number of hydrogen-bond acceptors (Lipinski definition) is 8. The lowest BCUT2D eigenvalue weighted by Crippen LogP contribution is -2.45. The van der Waals surface area contributed by atoms with E-state index in [-0.39, 0.29) is 23.8 Å². The molecule has 9 nitrogen and oxygen atoms in total. The maximum Gasteiger partial charge on any atom is 0.487 e. The van der Waals surface area contributed by atoms with Crippen LogP contribution in [0, 0.1) is 27.2 Å². The van der Waals surface area contributed by atoms with E-state index in [9.17, 15) is 24.5 Å². The molecule has 1 aromatic carbocycles. The Bertz CT molecular complexity index is 1060. The Hall–Kier alpha value is -2.12. The Morgan fingerprint density at radius 2 is 1.94 bits per heavy atom. The number of nitrogens with zero attached hydrogens (tertiary/aromatic N) is 1. The number of halogens is 1. The minimum absolute atomic E-state index is 0.00362. The fourth-order valence-corrected chi connectivity index (χ4v) is 5.95. The Balaban J connectivity index is 1.78. The van der Waals surface area contributed by atoms with Crippen LogP contribution in [0.25, 0.3) is 0 Å². The van der Waals surface area contributed by atoms with Crippen molar-refractivity contribution in [3.05, 3.63) is 32.3 Å². The summed E-state index contributed by atoms with van der Waals surface area (Å²) in [5, 5.41) is 21.2. The molecule has 176 valence electrons. The van der Waals surface area contributed by atoms with Crippen molar-refractivity contribution < 1.29 is 38.6 Å². The number of amides is 3. The Kier molecular flexibility index (Phi) is 6.49. The third-order valence-corrected chi connectivity index (χ3v) is 7.67. The zero-order valence-corrected chi connectivity index (χ0v) is 20.9. The van der Waals surface area contributed by atoms with Crippen molar-refractivity contribution in [2.75, 3.05) is 14.2 Å². The highest BCUT2D eigenvalue weighted by atomic mass is 127. The summed E-state index contributed by atoms with van der Waals surface area (Å²) in [6, 6.07) is 3.37. The second kappa shape index (κ2) is 8.92. The molecule has 1 aromatic rings. The summed E-state index contributed by atoms with van der Waals surface area (Å²) < 4.78 is 16.5. The SMILES string of the molecule is COC(=O)N1C(=O)[C@H]2[C@H](CC(C(C)C)=C3B(O)O[C@H](c4cc(I)c(O)c(OC)c4)C[C@H]32)C1=O. The number of likely N-dealkylation sites (tertiary alicyclic amines) is 1. The minimum Gasteiger partial charge on any atom is -0.504 e. The summed E-state index contributed by atoms with van der Waals surface area (Å²) in [7, 11) is 1.30. The highest BCUT2D eigenvalue weighted by molar-refractivity contribution is 14.1. The van der Waals surface area contributed by atoms with Crippen LogP contribution in [0.2, 0.25) is 0 Å². The van der Waals surface area contributed by atoms with E-state index in [1.165, 1.54) is 7.11 Å². The van der Waals surface area contributed by atoms with Gasteiger partial charge < -0.3 is 24.3 Å². The number of carbonyl (C=O) groups excluding carboxylic acids is 3. The number of imide groups is 3. The van der Waals surface area contributed by atoms with Crippen LogP contribution in [0.15, 0.2) is 23.2 Å². The molecular weight excluding hydrogens is 544 g/mol. The molecule has 2 N–H and O–H groups in total. The fraction of sp³-hybridized carbons (Fsp3) is 0.500. The maximum absolute atomic E-state index is 13.2. The van der Waals surface area contributed by atoms with Gasteiger partial charge in [-0.25, -0.2) is 4.79 Å². The van der Waals surface area contributed by atoms with Gasteiger partial charge >= 0.3 is 13.2 Å². The number of allylic oxidation sites excluding steroid dienone is 2. The van der Waals surface area contributed by atoms with Crippen molar-refractivity contribution in [3.63, 3.8) is 0 Å². The average Bonchev–Trinajstić information content (AvgIpc) is 3.04. The molecule has 0 aromatic heterocycles. The first kappa shape index (κ1) is 24.0. The number of phenolic OH excluding ortho intramolecular Hbond substituents is 1. The molecule has 2 aliphatic heterocycles. The summed E-state index contributed by atoms with van der Waals surface area (Å²) in [4.78, 5) is 39.0. The van der Waals surface area contributed by atoms with E-state index in [2.05, 4.69) is 4.74 Å². The van der Waals surface area contributed by atoms with Crippen LogP contribution in [0.5, 0.6) is 11.5 Å². The van der Waals surface area contributed by atoms with Gasteiger partial charge in [-0.3, -0.25) is 9.59 Å². The van der Waals surface area contributed by atoms with Crippen molar-refractivity contribution in [1.82, 2.24) is 4.90 Å². The van der Waals surface area contributed by atoms with Crippen LogP contribution in [0.3, 0.4) is 0 Å². The molecule has 1 aliphatic carbocycles. The van der Waals surface area contributed by atoms with Crippen LogP contribution >= 0.6 is 22.6 Å². The van der Waals surface area contributed by atoms with Crippen LogP contribution < -0.4 is 4.74 Å². The quantitative estimate of drug-likeness (QED) is 0.324. The first-order valence-corrected chi connectivity index (χ1v) is 11.8. The number of aromatic hydroxyl groups is 1. The maximum atomic E-state index is 13.2. The Morgan fingerprint density at radius 1 is 1.24 bits per heavy atom. The van der Waals surface area contributed by atoms with Gasteiger partial charge in [-0.05, 0) is 70.4 Å². The molecule has 2 fully saturated rings. The zero-order valence-electron chi connectivity index (χ0n) is 18.7. The first-order chi connectivity index (χ1) is 15.6. The molecule has 0 bridgehead atoms. The third kappa shape index (κ3) is 3.83. The van der Waals surface area contributed by atoms with Crippen LogP contribution in [0.4, 0.5) is 4.79 Å². The number of methoxy groups -OCH3 is 2. The van der Waals surface area contributed by atoms with Gasteiger partial charge in [0.2, 0.25) is 11.8 Å². The molecule has 33 heavy (non-hydrogen) atoms. The predicted octanol–water partition coefficient (Wildman–Crippen LogP) is 2.83. The van der Waals surface area contributed by atoms with Crippen LogP contribution in [0.1, 0.15) is 38.4 Å². The minimum atomic E-state index is -1.26. The highest BCUT2D eigenvalue weighted by Gasteiger charge is 2.59. The smallest absolute Gasteiger partial charge is 0.487 e. The van der Waals surface area contributed by atoms with Gasteiger partial charge in [-0.1, -0.05) is 19.4 Å². The van der Waals surface area contributed by atoms with E-state index < -0.39 is 48.9 Å². The molecule has 11 heteroatoms. The second-order valence-electron chi connectivity index (χ2n) is 8.83. The van der Waals surface area contributed by atoms with E-state index in [1.54, 1.807) is 12.1 Å². The van der Waals surface area contributed by atoms with Crippen molar-refractivity contribution >= 4 is 47.6 Å². The van der Waals surface area contributed by atoms with Gasteiger partial charge in [0.1, 0.15) is 0 Å². The summed E-state index contributed by atoms with van der Waals surface area (Å²) in [6.45, 7) is 3.93. The van der Waals surface area contributed by atoms with E-state index in [4.69, 9.17) is 9.39 Å². The Morgan fingerprint density at radius 3 is 2.55 bits per heavy atom. The van der Waals surface area contributed by atoms with Crippen LogP contribution in [-0.4, -0.2) is 54.3 Å². The van der Waals surface area contributed by atoms with Crippen LogP contribution in [-0.2, 0) is 19.0 Å². The van der Waals surface area contributed by atoms with Gasteiger partial charge in [-0.15, -0.1) is 0 Å². The molecular formula is C22H25BINO8. The molecule has 2 heterocycles. The summed E-state index contributed by atoms with van der Waals surface area (Å²) in [6.07, 6.45) is -1.00. The molecule has 0 spiro atoms. The van der Waals surface area contributed by atoms with E-state index in [0.717, 1.165) is 12.7 Å². The number of carbonyl (C=O) groups is 3. The summed E-state index contributed by atoms with van der Waals surface area (Å²) >= 11 is 1.98. The van der Waals surface area contributed by atoms with Crippen molar-refractivity contribution in [2.45, 2.75) is 32.8 Å². The van der Waals surface area contributed by atoms with E-state index >= 15 is 0 Å². The zero-order chi connectivity index (χ0) is 24.2. The second-order valence-corrected chi connectivity index (χ2v) is 9.99. The monoisotopic (exact) mass is 569 g/mol. The molecule has 4 atom stereocenters. The average molecular weight is 569 g/mol. The molecule has 0 saturated carbocycles. The summed E-state index contributed by atoms with van der Waals surface area (Å²) in [5.74, 6) is -2.84. The molecule has 0 unspecified atom stereocenters. The molecule has 0 radical (unpaired) electrons. The number of hydrogen-bond donors (Lipinski definition) is 2. The first-order valence-electron chi connectivity index (χ1n) is 10.7.